The van der Waals surface area contributed by atoms with Crippen LogP contribution >= 0.6 is 11.3 Å². The monoisotopic (exact) mass is 264 g/mol. The lowest BCUT2D eigenvalue weighted by Crippen LogP contribution is -2.01. The molecular weight excluding hydrogens is 247 g/mol. The molecule has 0 saturated heterocycles. The van der Waals surface area contributed by atoms with Crippen LogP contribution in [0, 0.1) is 12.7 Å². The third kappa shape index (κ3) is 2.98. The zero-order chi connectivity index (χ0) is 13.1. The predicted molar refractivity (Wildman–Crippen MR) is 73.5 cm³/mol. The van der Waals surface area contributed by atoms with E-state index in [1.165, 1.54) is 10.9 Å². The van der Waals surface area contributed by atoms with Gasteiger partial charge in [-0.05, 0) is 42.7 Å². The van der Waals surface area contributed by atoms with E-state index in [9.17, 15) is 9.50 Å². The van der Waals surface area contributed by atoms with Gasteiger partial charge in [-0.25, -0.2) is 4.39 Å². The van der Waals surface area contributed by atoms with Gasteiger partial charge in [0.25, 0.3) is 0 Å². The lowest BCUT2D eigenvalue weighted by molar-refractivity contribution is 0.179. The Kier molecular flexibility index (Phi) is 4.15. The molecule has 96 valence electrons. The highest BCUT2D eigenvalue weighted by molar-refractivity contribution is 7.11. The summed E-state index contributed by atoms with van der Waals surface area (Å²) in [4.78, 5) is 2.45. The van der Waals surface area contributed by atoms with Gasteiger partial charge in [0.2, 0.25) is 0 Å². The molecule has 0 saturated carbocycles. The Hall–Kier alpha value is -1.19. The molecule has 0 amide bonds. The zero-order valence-corrected chi connectivity index (χ0v) is 11.4. The van der Waals surface area contributed by atoms with Crippen LogP contribution < -0.4 is 0 Å². The summed E-state index contributed by atoms with van der Waals surface area (Å²) in [6.45, 7) is 3.83. The topological polar surface area (TPSA) is 20.2 Å². The molecule has 3 heteroatoms. The number of aryl methyl sites for hydroxylation is 2. The number of benzene rings is 1. The van der Waals surface area contributed by atoms with E-state index in [4.69, 9.17) is 0 Å². The molecule has 1 aromatic heterocycles. The van der Waals surface area contributed by atoms with Gasteiger partial charge in [-0.1, -0.05) is 19.1 Å². The molecule has 2 aromatic rings. The van der Waals surface area contributed by atoms with Crippen LogP contribution in [0.5, 0.6) is 0 Å². The first-order valence-electron chi connectivity index (χ1n) is 6.12. The Balaban J connectivity index is 2.11. The molecule has 2 rings (SSSR count). The summed E-state index contributed by atoms with van der Waals surface area (Å²) in [5.74, 6) is -0.257. The Morgan fingerprint density at radius 1 is 1.22 bits per heavy atom. The van der Waals surface area contributed by atoms with E-state index in [1.807, 2.05) is 6.07 Å². The van der Waals surface area contributed by atoms with Crippen molar-refractivity contribution in [2.24, 2.45) is 0 Å². The normalized spacial score (nSPS) is 12.7. The fourth-order valence-electron chi connectivity index (χ4n) is 1.85. The Morgan fingerprint density at radius 3 is 2.56 bits per heavy atom. The molecule has 0 aliphatic rings. The third-order valence-electron chi connectivity index (χ3n) is 3.04. The second-order valence-corrected chi connectivity index (χ2v) is 5.70. The molecule has 1 nitrogen and oxygen atoms in total. The largest absolute Gasteiger partial charge is 0.388 e. The van der Waals surface area contributed by atoms with E-state index in [2.05, 4.69) is 13.0 Å². The molecule has 1 atom stereocenters. The van der Waals surface area contributed by atoms with E-state index in [1.54, 1.807) is 30.4 Å². The number of hydrogen-bond donors (Lipinski definition) is 1. The van der Waals surface area contributed by atoms with Gasteiger partial charge >= 0.3 is 0 Å². The molecule has 1 heterocycles. The smallest absolute Gasteiger partial charge is 0.126 e. The maximum Gasteiger partial charge on any atom is 0.126 e. The van der Waals surface area contributed by atoms with Crippen molar-refractivity contribution < 1.29 is 9.50 Å². The summed E-state index contributed by atoms with van der Waals surface area (Å²) in [7, 11) is 0. The number of aliphatic hydroxyl groups excluding tert-OH is 1. The molecule has 0 spiro atoms. The average Bonchev–Trinajstić information content (AvgIpc) is 2.80. The maximum atomic E-state index is 13.4. The molecule has 0 bridgehead atoms. The minimum Gasteiger partial charge on any atom is -0.388 e. The summed E-state index contributed by atoms with van der Waals surface area (Å²) in [6, 6.07) is 9.05. The van der Waals surface area contributed by atoms with Gasteiger partial charge in [-0.3, -0.25) is 0 Å². The van der Waals surface area contributed by atoms with Gasteiger partial charge < -0.3 is 5.11 Å². The third-order valence-corrected chi connectivity index (χ3v) is 4.29. The number of thiophene rings is 1. The van der Waals surface area contributed by atoms with Crippen LogP contribution in [0.2, 0.25) is 0 Å². The standard InChI is InChI=1S/C15H17FOS/c1-3-12-6-7-13(18-12)9-15(17)11-5-4-10(2)14(16)8-11/h4-8,15,17H,3,9H2,1-2H3. The predicted octanol–water partition coefficient (Wildman–Crippen LogP) is 4.03. The summed E-state index contributed by atoms with van der Waals surface area (Å²) >= 11 is 1.71. The Bertz CT molecular complexity index is 533. The molecule has 0 radical (unpaired) electrons. The Labute approximate surface area is 111 Å². The minimum absolute atomic E-state index is 0.257. The minimum atomic E-state index is -0.636. The van der Waals surface area contributed by atoms with Crippen molar-refractivity contribution in [3.8, 4) is 0 Å². The van der Waals surface area contributed by atoms with Crippen molar-refractivity contribution in [1.29, 1.82) is 0 Å². The van der Waals surface area contributed by atoms with Crippen molar-refractivity contribution in [3.63, 3.8) is 0 Å². The number of rotatable bonds is 4. The van der Waals surface area contributed by atoms with Gasteiger partial charge in [0, 0.05) is 16.2 Å². The van der Waals surface area contributed by atoms with Crippen molar-refractivity contribution in [2.45, 2.75) is 32.8 Å². The average molecular weight is 264 g/mol. The van der Waals surface area contributed by atoms with Crippen LogP contribution in [-0.4, -0.2) is 5.11 Å². The molecule has 0 fully saturated rings. The lowest BCUT2D eigenvalue weighted by atomic mass is 10.0. The van der Waals surface area contributed by atoms with Crippen molar-refractivity contribution in [3.05, 3.63) is 57.0 Å². The first kappa shape index (κ1) is 13.2. The SMILES string of the molecule is CCc1ccc(CC(O)c2ccc(C)c(F)c2)s1. The van der Waals surface area contributed by atoms with Crippen molar-refractivity contribution >= 4 is 11.3 Å². The molecule has 18 heavy (non-hydrogen) atoms. The summed E-state index contributed by atoms with van der Waals surface area (Å²) in [6.07, 6.45) is 0.927. The second-order valence-electron chi connectivity index (χ2n) is 4.45. The fraction of sp³-hybridized carbons (Fsp3) is 0.333. The lowest BCUT2D eigenvalue weighted by Gasteiger charge is -2.10. The summed E-state index contributed by atoms with van der Waals surface area (Å²) in [5.41, 5.74) is 1.25. The quantitative estimate of drug-likeness (QED) is 0.883. The number of aliphatic hydroxyl groups is 1. The van der Waals surface area contributed by atoms with E-state index in [0.29, 0.717) is 17.5 Å². The Morgan fingerprint density at radius 2 is 1.94 bits per heavy atom. The molecule has 1 unspecified atom stereocenters. The van der Waals surface area contributed by atoms with Crippen LogP contribution in [0.1, 0.15) is 33.9 Å². The second kappa shape index (κ2) is 5.63. The first-order chi connectivity index (χ1) is 8.60. The van der Waals surface area contributed by atoms with Crippen LogP contribution in [-0.2, 0) is 12.8 Å². The van der Waals surface area contributed by atoms with Crippen LogP contribution in [0.15, 0.2) is 30.3 Å². The van der Waals surface area contributed by atoms with Gasteiger partial charge in [-0.2, -0.15) is 0 Å². The molecule has 1 N–H and O–H groups in total. The van der Waals surface area contributed by atoms with E-state index in [-0.39, 0.29) is 5.82 Å². The number of hydrogen-bond acceptors (Lipinski definition) is 2. The molecule has 0 aliphatic heterocycles. The highest BCUT2D eigenvalue weighted by atomic mass is 32.1. The van der Waals surface area contributed by atoms with Crippen LogP contribution in [0.25, 0.3) is 0 Å². The fourth-order valence-corrected chi connectivity index (χ4v) is 2.84. The van der Waals surface area contributed by atoms with Gasteiger partial charge in [0.1, 0.15) is 5.82 Å². The van der Waals surface area contributed by atoms with Crippen molar-refractivity contribution in [2.75, 3.05) is 0 Å². The molecule has 0 aliphatic carbocycles. The molecule has 1 aromatic carbocycles. The van der Waals surface area contributed by atoms with Crippen molar-refractivity contribution in [1.82, 2.24) is 0 Å². The van der Waals surface area contributed by atoms with E-state index < -0.39 is 6.10 Å². The maximum absolute atomic E-state index is 13.4. The van der Waals surface area contributed by atoms with Gasteiger partial charge in [-0.15, -0.1) is 11.3 Å². The summed E-state index contributed by atoms with van der Waals surface area (Å²) < 4.78 is 13.4. The van der Waals surface area contributed by atoms with E-state index in [0.717, 1.165) is 11.3 Å². The van der Waals surface area contributed by atoms with Gasteiger partial charge in [0.15, 0.2) is 0 Å². The number of halogens is 1. The van der Waals surface area contributed by atoms with Crippen LogP contribution in [0.3, 0.4) is 0 Å². The van der Waals surface area contributed by atoms with Crippen LogP contribution in [0.4, 0.5) is 4.39 Å². The molecular formula is C15H17FOS. The van der Waals surface area contributed by atoms with Gasteiger partial charge in [0.05, 0.1) is 6.10 Å². The van der Waals surface area contributed by atoms with E-state index >= 15 is 0 Å². The summed E-state index contributed by atoms with van der Waals surface area (Å²) in [5, 5.41) is 10.1. The highest BCUT2D eigenvalue weighted by Crippen LogP contribution is 2.25. The highest BCUT2D eigenvalue weighted by Gasteiger charge is 2.11. The first-order valence-corrected chi connectivity index (χ1v) is 6.93. The zero-order valence-electron chi connectivity index (χ0n) is 10.6.